The zero-order valence-corrected chi connectivity index (χ0v) is 12.2. The van der Waals surface area contributed by atoms with Gasteiger partial charge in [0.2, 0.25) is 0 Å². The average molecular weight is 280 g/mol. The van der Waals surface area contributed by atoms with Gasteiger partial charge in [-0.1, -0.05) is 36.0 Å². The first-order valence-electron chi connectivity index (χ1n) is 6.72. The average Bonchev–Trinajstić information content (AvgIpc) is 2.86. The van der Waals surface area contributed by atoms with Gasteiger partial charge in [-0.15, -0.1) is 0 Å². The molecule has 1 aliphatic heterocycles. The fraction of sp³-hybridized carbons (Fsp3) is 0.118. The summed E-state index contributed by atoms with van der Waals surface area (Å²) in [7, 11) is 0. The van der Waals surface area contributed by atoms with Crippen LogP contribution in [0.1, 0.15) is 12.6 Å². The van der Waals surface area contributed by atoms with Gasteiger partial charge >= 0.3 is 0 Å². The van der Waals surface area contributed by atoms with Crippen LogP contribution in [0.25, 0.3) is 6.08 Å². The first-order valence-corrected chi connectivity index (χ1v) is 7.54. The zero-order chi connectivity index (χ0) is 13.8. The molecule has 2 heterocycles. The number of para-hydroxylation sites is 1. The molecular formula is C17H16N2S. The molecule has 1 aromatic heterocycles. The van der Waals surface area contributed by atoms with Crippen LogP contribution in [0, 0.1) is 0 Å². The van der Waals surface area contributed by atoms with Gasteiger partial charge in [0.25, 0.3) is 0 Å². The van der Waals surface area contributed by atoms with E-state index in [-0.39, 0.29) is 0 Å². The fourth-order valence-corrected chi connectivity index (χ4v) is 3.35. The minimum Gasteiger partial charge on any atom is -0.335 e. The highest BCUT2D eigenvalue weighted by Crippen LogP contribution is 2.45. The molecule has 0 saturated heterocycles. The van der Waals surface area contributed by atoms with Crippen molar-refractivity contribution in [3.63, 3.8) is 0 Å². The normalized spacial score (nSPS) is 16.1. The minimum absolute atomic E-state index is 0.979. The molecule has 0 unspecified atom stereocenters. The van der Waals surface area contributed by atoms with Gasteiger partial charge in [0.15, 0.2) is 0 Å². The molecule has 0 atom stereocenters. The van der Waals surface area contributed by atoms with Crippen molar-refractivity contribution in [3.8, 4) is 0 Å². The predicted octanol–water partition coefficient (Wildman–Crippen LogP) is 4.57. The molecule has 0 amide bonds. The van der Waals surface area contributed by atoms with Crippen LogP contribution in [-0.4, -0.2) is 11.5 Å². The van der Waals surface area contributed by atoms with Crippen molar-refractivity contribution in [2.45, 2.75) is 11.8 Å². The second-order valence-electron chi connectivity index (χ2n) is 4.43. The second kappa shape index (κ2) is 5.97. The summed E-state index contributed by atoms with van der Waals surface area (Å²) in [6.45, 7) is 3.16. The largest absolute Gasteiger partial charge is 0.335 e. The molecule has 2 aromatic rings. The van der Waals surface area contributed by atoms with Crippen LogP contribution < -0.4 is 4.90 Å². The monoisotopic (exact) mass is 280 g/mol. The summed E-state index contributed by atoms with van der Waals surface area (Å²) in [5, 5.41) is 1.26. The summed E-state index contributed by atoms with van der Waals surface area (Å²) >= 11 is 1.82. The van der Waals surface area contributed by atoms with Crippen molar-refractivity contribution in [1.82, 2.24) is 4.98 Å². The molecule has 3 heteroatoms. The van der Waals surface area contributed by atoms with E-state index >= 15 is 0 Å². The molecule has 1 aromatic carbocycles. The number of aromatic nitrogens is 1. The van der Waals surface area contributed by atoms with E-state index in [0.717, 1.165) is 12.2 Å². The SMILES string of the molecule is CCN1C(=CC=Cc2ccccn2)Sc2ccccc21. The van der Waals surface area contributed by atoms with Crippen LogP contribution in [0.3, 0.4) is 0 Å². The number of nitrogens with zero attached hydrogens (tertiary/aromatic N) is 2. The van der Waals surface area contributed by atoms with E-state index in [1.165, 1.54) is 15.6 Å². The van der Waals surface area contributed by atoms with E-state index in [9.17, 15) is 0 Å². The standard InChI is InChI=1S/C17H16N2S/c1-2-19-15-10-3-4-11-16(15)20-17(19)12-7-9-14-8-5-6-13-18-14/h3-13H,2H2,1H3. The number of allylic oxidation sites excluding steroid dienone is 2. The van der Waals surface area contributed by atoms with E-state index in [2.05, 4.69) is 53.2 Å². The molecule has 100 valence electrons. The van der Waals surface area contributed by atoms with Crippen LogP contribution in [0.2, 0.25) is 0 Å². The molecular weight excluding hydrogens is 264 g/mol. The fourth-order valence-electron chi connectivity index (χ4n) is 2.21. The number of hydrogen-bond donors (Lipinski definition) is 0. The number of pyridine rings is 1. The molecule has 20 heavy (non-hydrogen) atoms. The topological polar surface area (TPSA) is 16.1 Å². The third kappa shape index (κ3) is 2.63. The second-order valence-corrected chi connectivity index (χ2v) is 5.49. The highest BCUT2D eigenvalue weighted by Gasteiger charge is 2.22. The number of benzene rings is 1. The summed E-state index contributed by atoms with van der Waals surface area (Å²) in [4.78, 5) is 7.95. The van der Waals surface area contributed by atoms with Gasteiger partial charge in [-0.05, 0) is 43.3 Å². The maximum Gasteiger partial charge on any atom is 0.0801 e. The Morgan fingerprint density at radius 3 is 2.80 bits per heavy atom. The number of hydrogen-bond acceptors (Lipinski definition) is 3. The maximum atomic E-state index is 4.29. The Labute approximate surface area is 123 Å². The molecule has 0 N–H and O–H groups in total. The molecule has 0 bridgehead atoms. The number of thioether (sulfide) groups is 1. The molecule has 0 saturated carbocycles. The Morgan fingerprint density at radius 2 is 2.00 bits per heavy atom. The van der Waals surface area contributed by atoms with Crippen LogP contribution in [0.4, 0.5) is 5.69 Å². The zero-order valence-electron chi connectivity index (χ0n) is 11.4. The Balaban J connectivity index is 1.81. The summed E-state index contributed by atoms with van der Waals surface area (Å²) in [5.41, 5.74) is 2.28. The molecule has 0 aliphatic carbocycles. The van der Waals surface area contributed by atoms with Gasteiger partial charge in [0.05, 0.1) is 16.4 Å². The van der Waals surface area contributed by atoms with E-state index in [4.69, 9.17) is 0 Å². The first kappa shape index (κ1) is 13.0. The smallest absolute Gasteiger partial charge is 0.0801 e. The van der Waals surface area contributed by atoms with Gasteiger partial charge in [0, 0.05) is 17.6 Å². The summed E-state index contributed by atoms with van der Waals surface area (Å²) in [5.74, 6) is 0. The Morgan fingerprint density at radius 1 is 1.15 bits per heavy atom. The molecule has 1 aliphatic rings. The molecule has 3 rings (SSSR count). The van der Waals surface area contributed by atoms with Gasteiger partial charge in [-0.3, -0.25) is 4.98 Å². The maximum absolute atomic E-state index is 4.29. The lowest BCUT2D eigenvalue weighted by Crippen LogP contribution is -2.16. The highest BCUT2D eigenvalue weighted by molar-refractivity contribution is 8.03. The van der Waals surface area contributed by atoms with Crippen molar-refractivity contribution in [1.29, 1.82) is 0 Å². The van der Waals surface area contributed by atoms with Gasteiger partial charge in [-0.25, -0.2) is 0 Å². The first-order chi connectivity index (χ1) is 9.88. The minimum atomic E-state index is 0.979. The van der Waals surface area contributed by atoms with E-state index in [1.807, 2.05) is 42.2 Å². The van der Waals surface area contributed by atoms with Crippen LogP contribution in [0.15, 0.2) is 70.7 Å². The van der Waals surface area contributed by atoms with E-state index in [0.29, 0.717) is 0 Å². The van der Waals surface area contributed by atoms with Crippen LogP contribution in [-0.2, 0) is 0 Å². The quantitative estimate of drug-likeness (QED) is 0.819. The van der Waals surface area contributed by atoms with Crippen molar-refractivity contribution < 1.29 is 0 Å². The molecule has 0 fully saturated rings. The number of anilines is 1. The lowest BCUT2D eigenvalue weighted by molar-refractivity contribution is 1.00. The van der Waals surface area contributed by atoms with Crippen molar-refractivity contribution in [2.24, 2.45) is 0 Å². The molecule has 0 spiro atoms. The third-order valence-electron chi connectivity index (χ3n) is 3.15. The van der Waals surface area contributed by atoms with Gasteiger partial charge < -0.3 is 4.90 Å². The molecule has 2 nitrogen and oxygen atoms in total. The van der Waals surface area contributed by atoms with Crippen LogP contribution in [0.5, 0.6) is 0 Å². The van der Waals surface area contributed by atoms with Gasteiger partial charge in [0.1, 0.15) is 0 Å². The summed E-state index contributed by atoms with van der Waals surface area (Å²) in [6, 6.07) is 14.5. The number of fused-ring (bicyclic) bond motifs is 1. The van der Waals surface area contributed by atoms with E-state index < -0.39 is 0 Å². The Hall–Kier alpha value is -2.00. The van der Waals surface area contributed by atoms with E-state index in [1.54, 1.807) is 0 Å². The predicted molar refractivity (Wildman–Crippen MR) is 86.7 cm³/mol. The number of rotatable bonds is 3. The summed E-state index contributed by atoms with van der Waals surface area (Å²) < 4.78 is 0. The highest BCUT2D eigenvalue weighted by atomic mass is 32.2. The Bertz CT molecular complexity index is 647. The third-order valence-corrected chi connectivity index (χ3v) is 4.28. The van der Waals surface area contributed by atoms with Crippen molar-refractivity contribution >= 4 is 23.5 Å². The van der Waals surface area contributed by atoms with Crippen molar-refractivity contribution in [3.05, 3.63) is 71.5 Å². The lowest BCUT2D eigenvalue weighted by Gasteiger charge is -2.17. The van der Waals surface area contributed by atoms with Gasteiger partial charge in [-0.2, -0.15) is 0 Å². The summed E-state index contributed by atoms with van der Waals surface area (Å²) in [6.07, 6.45) is 8.07. The van der Waals surface area contributed by atoms with Crippen LogP contribution >= 0.6 is 11.8 Å². The van der Waals surface area contributed by atoms with Crippen molar-refractivity contribution in [2.75, 3.05) is 11.4 Å². The Kier molecular flexibility index (Phi) is 3.88. The lowest BCUT2D eigenvalue weighted by atomic mass is 10.3. The molecule has 0 radical (unpaired) electrons.